The summed E-state index contributed by atoms with van der Waals surface area (Å²) in [5, 5.41) is 17.3. The average molecular weight is 701 g/mol. The predicted octanol–water partition coefficient (Wildman–Crippen LogP) is 3.18. The third-order valence-electron chi connectivity index (χ3n) is 8.86. The van der Waals surface area contributed by atoms with E-state index in [-0.39, 0.29) is 34.5 Å². The largest absolute Gasteiger partial charge is 0.493 e. The van der Waals surface area contributed by atoms with E-state index in [1.165, 1.54) is 40.6 Å². The molecule has 51 heavy (non-hydrogen) atoms. The van der Waals surface area contributed by atoms with Crippen LogP contribution < -0.4 is 30.1 Å². The number of aromatic carboxylic acids is 1. The van der Waals surface area contributed by atoms with Gasteiger partial charge in [-0.2, -0.15) is 19.6 Å². The summed E-state index contributed by atoms with van der Waals surface area (Å²) in [6.45, 7) is 3.25. The fourth-order valence-electron chi connectivity index (χ4n) is 6.35. The standard InChI is InChI=1S/C22H22N2O6.C14H14N2O5/c1-11-8-15(21(27)18-19(25)12-4-5-13(9-12)20(18)26)22(28)24(23-11)14-6-7-16(29-2)17(10-14)30-3;1-8-6-10(14(18)19)13(17)16(15-8)9-4-5-11(20-2)12(7-9)21-3/h6-8,10,12-13,18H,4-5,9H2,1-3H3;4-7H,1-3H3,(H,18,19). The number of aromatic nitrogens is 4. The molecule has 2 unspecified atom stereocenters. The van der Waals surface area contributed by atoms with Crippen molar-refractivity contribution in [1.29, 1.82) is 0 Å². The van der Waals surface area contributed by atoms with E-state index in [0.29, 0.717) is 65.0 Å². The van der Waals surface area contributed by atoms with Crippen molar-refractivity contribution in [2.24, 2.45) is 17.8 Å². The van der Waals surface area contributed by atoms with Gasteiger partial charge in [-0.3, -0.25) is 24.0 Å². The molecule has 2 aliphatic carbocycles. The molecule has 2 aromatic heterocycles. The maximum atomic E-state index is 13.2. The second-order valence-corrected chi connectivity index (χ2v) is 12.0. The first-order valence-corrected chi connectivity index (χ1v) is 15.8. The zero-order valence-electron chi connectivity index (χ0n) is 28.8. The number of aryl methyl sites for hydroxylation is 2. The lowest BCUT2D eigenvalue weighted by Crippen LogP contribution is -2.43. The van der Waals surface area contributed by atoms with Crippen molar-refractivity contribution in [3.63, 3.8) is 0 Å². The van der Waals surface area contributed by atoms with Crippen LogP contribution in [0.1, 0.15) is 51.4 Å². The van der Waals surface area contributed by atoms with Gasteiger partial charge < -0.3 is 24.1 Å². The molecule has 2 aromatic carbocycles. The topological polar surface area (TPSA) is 195 Å². The second kappa shape index (κ2) is 14.8. The van der Waals surface area contributed by atoms with Crippen molar-refractivity contribution in [1.82, 2.24) is 19.6 Å². The molecule has 0 aliphatic heterocycles. The molecule has 15 heteroatoms. The maximum absolute atomic E-state index is 13.2. The molecule has 4 aromatic rings. The van der Waals surface area contributed by atoms with Gasteiger partial charge in [-0.1, -0.05) is 0 Å². The smallest absolute Gasteiger partial charge is 0.341 e. The number of Topliss-reactive ketones (excluding diaryl/α,β-unsaturated/α-hetero) is 3. The lowest BCUT2D eigenvalue weighted by atomic mass is 9.75. The van der Waals surface area contributed by atoms with E-state index in [2.05, 4.69) is 10.2 Å². The number of ketones is 3. The van der Waals surface area contributed by atoms with Gasteiger partial charge >= 0.3 is 5.97 Å². The normalized spacial score (nSPS) is 17.6. The molecular weight excluding hydrogens is 664 g/mol. The number of carbonyl (C=O) groups excluding carboxylic acids is 3. The summed E-state index contributed by atoms with van der Waals surface area (Å²) in [5.41, 5.74) is -0.340. The quantitative estimate of drug-likeness (QED) is 0.198. The van der Waals surface area contributed by atoms with Crippen LogP contribution in [0, 0.1) is 31.6 Å². The van der Waals surface area contributed by atoms with Crippen molar-refractivity contribution < 1.29 is 43.2 Å². The minimum atomic E-state index is -1.38. The van der Waals surface area contributed by atoms with Crippen LogP contribution in [0.3, 0.4) is 0 Å². The molecule has 266 valence electrons. The average Bonchev–Trinajstić information content (AvgIpc) is 3.59. The number of methoxy groups -OCH3 is 4. The van der Waals surface area contributed by atoms with Gasteiger partial charge in [0.1, 0.15) is 11.5 Å². The molecule has 2 fully saturated rings. The zero-order valence-corrected chi connectivity index (χ0v) is 28.8. The van der Waals surface area contributed by atoms with Crippen LogP contribution in [0.5, 0.6) is 23.0 Å². The Kier molecular flexibility index (Phi) is 10.5. The van der Waals surface area contributed by atoms with Crippen LogP contribution in [0.15, 0.2) is 58.1 Å². The highest BCUT2D eigenvalue weighted by molar-refractivity contribution is 6.26. The number of benzene rings is 2. The van der Waals surface area contributed by atoms with Crippen LogP contribution in [0.2, 0.25) is 0 Å². The molecule has 0 amide bonds. The highest BCUT2D eigenvalue weighted by Gasteiger charge is 2.50. The third-order valence-corrected chi connectivity index (χ3v) is 8.86. The van der Waals surface area contributed by atoms with Crippen molar-refractivity contribution >= 4 is 23.3 Å². The molecule has 0 saturated heterocycles. The summed E-state index contributed by atoms with van der Waals surface area (Å²) in [6.07, 6.45) is 1.78. The number of hydrogen-bond acceptors (Lipinski definition) is 12. The number of fused-ring (bicyclic) bond motifs is 2. The third kappa shape index (κ3) is 7.00. The number of carboxylic acids is 1. The molecule has 2 atom stereocenters. The van der Waals surface area contributed by atoms with Crippen LogP contribution in [-0.2, 0) is 9.59 Å². The minimum Gasteiger partial charge on any atom is -0.493 e. The zero-order chi connectivity index (χ0) is 37.1. The van der Waals surface area contributed by atoms with Crippen molar-refractivity contribution in [2.45, 2.75) is 33.1 Å². The summed E-state index contributed by atoms with van der Waals surface area (Å²) in [4.78, 5) is 75.0. The first-order chi connectivity index (χ1) is 24.3. The first kappa shape index (κ1) is 36.2. The molecule has 1 N–H and O–H groups in total. The van der Waals surface area contributed by atoms with Gasteiger partial charge in [-0.15, -0.1) is 0 Å². The molecule has 2 saturated carbocycles. The lowest BCUT2D eigenvalue weighted by Gasteiger charge is -2.24. The van der Waals surface area contributed by atoms with Gasteiger partial charge in [0.2, 0.25) is 0 Å². The molecular formula is C36H36N4O11. The van der Waals surface area contributed by atoms with E-state index in [1.54, 1.807) is 50.2 Å². The fraction of sp³-hybridized carbons (Fsp3) is 0.333. The fourth-order valence-corrected chi connectivity index (χ4v) is 6.35. The number of carbonyl (C=O) groups is 4. The Morgan fingerprint density at radius 3 is 1.47 bits per heavy atom. The molecule has 6 rings (SSSR count). The lowest BCUT2D eigenvalue weighted by molar-refractivity contribution is -0.137. The Balaban J connectivity index is 0.000000211. The Hall–Kier alpha value is -6.12. The molecule has 2 bridgehead atoms. The second-order valence-electron chi connectivity index (χ2n) is 12.0. The minimum absolute atomic E-state index is 0.203. The van der Waals surface area contributed by atoms with Gasteiger partial charge in [0.15, 0.2) is 40.3 Å². The molecule has 0 spiro atoms. The van der Waals surface area contributed by atoms with E-state index in [4.69, 9.17) is 24.1 Å². The Bertz CT molecular complexity index is 2150. The van der Waals surface area contributed by atoms with Crippen molar-refractivity contribution in [3.05, 3.63) is 91.8 Å². The Labute approximate surface area is 291 Å². The SMILES string of the molecule is COc1ccc(-n2nc(C)cc(C(=O)C3C(=O)C4CCC(C4)C3=O)c2=O)cc1OC.COc1ccc(-n2nc(C)cc(C(=O)O)c2=O)cc1OC. The predicted molar refractivity (Wildman–Crippen MR) is 181 cm³/mol. The summed E-state index contributed by atoms with van der Waals surface area (Å²) in [6, 6.07) is 12.2. The summed E-state index contributed by atoms with van der Waals surface area (Å²) in [7, 11) is 5.93. The summed E-state index contributed by atoms with van der Waals surface area (Å²) < 4.78 is 22.9. The summed E-state index contributed by atoms with van der Waals surface area (Å²) in [5.74, 6) is -2.86. The highest BCUT2D eigenvalue weighted by atomic mass is 16.5. The van der Waals surface area contributed by atoms with Gasteiger partial charge in [0, 0.05) is 24.0 Å². The van der Waals surface area contributed by atoms with E-state index in [1.807, 2.05) is 0 Å². The highest BCUT2D eigenvalue weighted by Crippen LogP contribution is 2.41. The van der Waals surface area contributed by atoms with Gasteiger partial charge in [0.25, 0.3) is 11.1 Å². The molecule has 2 heterocycles. The first-order valence-electron chi connectivity index (χ1n) is 15.8. The van der Waals surface area contributed by atoms with Gasteiger partial charge in [-0.05, 0) is 69.5 Å². The van der Waals surface area contributed by atoms with Crippen LogP contribution >= 0.6 is 0 Å². The number of ether oxygens (including phenoxy) is 4. The van der Waals surface area contributed by atoms with Crippen LogP contribution in [-0.4, -0.2) is 76.4 Å². The molecule has 2 aliphatic rings. The van der Waals surface area contributed by atoms with Gasteiger partial charge in [0.05, 0.1) is 56.8 Å². The van der Waals surface area contributed by atoms with Gasteiger partial charge in [-0.25, -0.2) is 4.79 Å². The number of carboxylic acid groups (broad SMARTS) is 1. The molecule has 0 radical (unpaired) electrons. The van der Waals surface area contributed by atoms with Crippen LogP contribution in [0.25, 0.3) is 11.4 Å². The van der Waals surface area contributed by atoms with E-state index >= 15 is 0 Å². The number of nitrogens with zero attached hydrogens (tertiary/aromatic N) is 4. The van der Waals surface area contributed by atoms with Crippen LogP contribution in [0.4, 0.5) is 0 Å². The Morgan fingerprint density at radius 1 is 0.647 bits per heavy atom. The molecule has 15 nitrogen and oxygen atoms in total. The monoisotopic (exact) mass is 700 g/mol. The number of hydrogen-bond donors (Lipinski definition) is 1. The van der Waals surface area contributed by atoms with E-state index in [0.717, 1.165) is 9.36 Å². The van der Waals surface area contributed by atoms with E-state index in [9.17, 15) is 28.8 Å². The number of rotatable bonds is 9. The Morgan fingerprint density at radius 2 is 1.06 bits per heavy atom. The van der Waals surface area contributed by atoms with Crippen molar-refractivity contribution in [2.75, 3.05) is 28.4 Å². The summed E-state index contributed by atoms with van der Waals surface area (Å²) >= 11 is 0. The van der Waals surface area contributed by atoms with E-state index < -0.39 is 28.8 Å². The maximum Gasteiger partial charge on any atom is 0.341 e. The van der Waals surface area contributed by atoms with Crippen molar-refractivity contribution in [3.8, 4) is 34.4 Å².